The number of rotatable bonds is 38. The normalized spacial score (nSPS) is 13.3. The van der Waals surface area contributed by atoms with Gasteiger partial charge in [0.05, 0.1) is 0 Å². The molecule has 3 radical (unpaired) electrons. The summed E-state index contributed by atoms with van der Waals surface area (Å²) in [6, 6.07) is 0. The molecule has 0 bridgehead atoms. The number of ether oxygens (including phenoxy) is 2. The van der Waals surface area contributed by atoms with E-state index >= 15 is 0 Å². The van der Waals surface area contributed by atoms with Crippen LogP contribution in [0, 0.1) is 0 Å². The average Bonchev–Trinajstić information content (AvgIpc) is 3.05. The summed E-state index contributed by atoms with van der Waals surface area (Å²) in [5.74, 6) is -0.712. The predicted molar refractivity (Wildman–Crippen MR) is 201 cm³/mol. The first kappa shape index (κ1) is 47.9. The standard InChI is InChI=1S/C39H75O7P.Sn/c1-3-5-7-9-11-13-15-17-19-21-23-25-27-29-31-33-38(40)44-35-37(36-45-47(42)43)46-39(41)34-32-30-28-26-24-22-20-18-16-14-12-10-8-6-4-2;/h37H,3-36H2,1-2H3;/q;-1/p+1/t37-;/m1./s1. The van der Waals surface area contributed by atoms with E-state index in [0.717, 1.165) is 38.5 Å². The van der Waals surface area contributed by atoms with E-state index in [1.165, 1.54) is 154 Å². The second kappa shape index (κ2) is 36.7. The van der Waals surface area contributed by atoms with E-state index < -0.39 is 11.4 Å². The molecule has 0 heterocycles. The summed E-state index contributed by atoms with van der Waals surface area (Å²) in [5, 5.41) is -3.65. The molecule has 0 amide bonds. The molecule has 2 atom stereocenters. The summed E-state index contributed by atoms with van der Waals surface area (Å²) in [6.45, 7) is 4.12. The van der Waals surface area contributed by atoms with Gasteiger partial charge in [0.25, 0.3) is 0 Å². The van der Waals surface area contributed by atoms with E-state index in [4.69, 9.17) is 14.0 Å². The van der Waals surface area contributed by atoms with E-state index in [1.54, 1.807) is 0 Å². The molecule has 0 aromatic carbocycles. The van der Waals surface area contributed by atoms with Crippen molar-refractivity contribution in [1.82, 2.24) is 0 Å². The number of unbranched alkanes of at least 4 members (excludes halogenated alkanes) is 28. The molecule has 0 saturated carbocycles. The van der Waals surface area contributed by atoms with Gasteiger partial charge < -0.3 is 0 Å². The van der Waals surface area contributed by atoms with Crippen LogP contribution in [0.3, 0.4) is 0 Å². The topological polar surface area (TPSA) is 99.1 Å². The number of esters is 2. The summed E-state index contributed by atoms with van der Waals surface area (Å²) in [6.07, 6.45) is 37.7. The van der Waals surface area contributed by atoms with Crippen LogP contribution in [0.4, 0.5) is 0 Å². The van der Waals surface area contributed by atoms with Gasteiger partial charge in [0.1, 0.15) is 0 Å². The van der Waals surface area contributed by atoms with Gasteiger partial charge in [-0.2, -0.15) is 0 Å². The van der Waals surface area contributed by atoms with Crippen molar-refractivity contribution in [3.63, 3.8) is 0 Å². The van der Waals surface area contributed by atoms with E-state index in [9.17, 15) is 19.0 Å². The molecule has 0 saturated heterocycles. The number of carbonyl (C=O) groups is 2. The van der Waals surface area contributed by atoms with Crippen molar-refractivity contribution in [3.05, 3.63) is 0 Å². The fourth-order valence-electron chi connectivity index (χ4n) is 6.08. The third-order valence-corrected chi connectivity index (χ3v) is 10.7. The summed E-state index contributed by atoms with van der Waals surface area (Å²) >= 11 is 0.369. The van der Waals surface area contributed by atoms with Crippen molar-refractivity contribution in [3.8, 4) is 0 Å². The third-order valence-electron chi connectivity index (χ3n) is 9.13. The molecule has 283 valence electrons. The second-order valence-electron chi connectivity index (χ2n) is 14.0. The molecule has 0 spiro atoms. The minimum absolute atomic E-state index is 0.155. The smallest absolute Gasteiger partial charge is 0.0654 e. The summed E-state index contributed by atoms with van der Waals surface area (Å²) in [5.41, 5.74) is 0. The van der Waals surface area contributed by atoms with Gasteiger partial charge in [-0.05, 0) is 0 Å². The monoisotopic (exact) mass is 807 g/mol. The van der Waals surface area contributed by atoms with Gasteiger partial charge in [0.15, 0.2) is 0 Å². The maximum absolute atomic E-state index is 12.4. The predicted octanol–water partition coefficient (Wildman–Crippen LogP) is 12.2. The van der Waals surface area contributed by atoms with Crippen molar-refractivity contribution in [1.29, 1.82) is 0 Å². The molecule has 0 aliphatic heterocycles. The van der Waals surface area contributed by atoms with Gasteiger partial charge in [-0.3, -0.25) is 0 Å². The summed E-state index contributed by atoms with van der Waals surface area (Å²) in [4.78, 5) is 34.3. The zero-order valence-corrected chi connectivity index (χ0v) is 35.2. The molecule has 0 fully saturated rings. The zero-order chi connectivity index (χ0) is 35.4. The van der Waals surface area contributed by atoms with E-state index in [1.807, 2.05) is 0 Å². The van der Waals surface area contributed by atoms with Crippen molar-refractivity contribution in [2.45, 2.75) is 225 Å². The molecule has 1 unspecified atom stereocenters. The first-order chi connectivity index (χ1) is 23.3. The van der Waals surface area contributed by atoms with Crippen LogP contribution in [0.25, 0.3) is 0 Å². The molecule has 0 rings (SSSR count). The maximum atomic E-state index is 12.4. The van der Waals surface area contributed by atoms with Crippen molar-refractivity contribution in [2.24, 2.45) is 0 Å². The van der Waals surface area contributed by atoms with Crippen LogP contribution in [0.5, 0.6) is 0 Å². The molecule has 7 nitrogen and oxygen atoms in total. The quantitative estimate of drug-likeness (QED) is 0.0287. The zero-order valence-electron chi connectivity index (χ0n) is 31.5. The summed E-state index contributed by atoms with van der Waals surface area (Å²) < 4.78 is 27.5. The van der Waals surface area contributed by atoms with Crippen LogP contribution >= 0.6 is 5.25 Å². The van der Waals surface area contributed by atoms with Crippen molar-refractivity contribution in [2.75, 3.05) is 13.2 Å². The second-order valence-corrected chi connectivity index (χ2v) is 20.1. The summed E-state index contributed by atoms with van der Waals surface area (Å²) in [7, 11) is 0. The molecule has 48 heavy (non-hydrogen) atoms. The minimum atomic E-state index is -3.65. The Kier molecular flexibility index (Phi) is 36.6. The molecule has 9 heteroatoms. The van der Waals surface area contributed by atoms with E-state index in [-0.39, 0.29) is 31.6 Å². The third kappa shape index (κ3) is 38.7. The van der Waals surface area contributed by atoms with Crippen molar-refractivity contribution >= 4 is 39.2 Å². The van der Waals surface area contributed by atoms with Crippen LogP contribution in [-0.4, -0.2) is 58.1 Å². The van der Waals surface area contributed by atoms with Gasteiger partial charge in [-0.25, -0.2) is 0 Å². The minimum Gasteiger partial charge on any atom is -0.0654 e. The Morgan fingerprint density at radius 2 is 0.792 bits per heavy atom. The number of carbonyl (C=O) groups excluding carboxylic acids is 2. The Morgan fingerprint density at radius 1 is 0.500 bits per heavy atom. The van der Waals surface area contributed by atoms with Gasteiger partial charge >= 0.3 is 162 Å². The van der Waals surface area contributed by atoms with Crippen molar-refractivity contribution < 1.29 is 33.0 Å². The molecule has 0 aliphatic carbocycles. The van der Waals surface area contributed by atoms with Gasteiger partial charge in [0.2, 0.25) is 0 Å². The van der Waals surface area contributed by atoms with Crippen LogP contribution in [0.1, 0.15) is 219 Å². The Balaban J connectivity index is 3.88. The van der Waals surface area contributed by atoms with E-state index in [2.05, 4.69) is 13.8 Å². The van der Waals surface area contributed by atoms with Crippen LogP contribution in [0.15, 0.2) is 0 Å². The Morgan fingerprint density at radius 3 is 1.10 bits per heavy atom. The van der Waals surface area contributed by atoms with Gasteiger partial charge in [0, 0.05) is 0 Å². The average molecular weight is 807 g/mol. The fraction of sp³-hybridized carbons (Fsp3) is 0.949. The van der Waals surface area contributed by atoms with E-state index in [0.29, 0.717) is 28.4 Å². The molecular formula is C39H76O7PSn. The molecule has 0 aliphatic rings. The number of hydrogen-bond donors (Lipinski definition) is 1. The number of hydrogen-bond acceptors (Lipinski definition) is 6. The first-order valence-electron chi connectivity index (χ1n) is 20.4. The van der Waals surface area contributed by atoms with Crippen LogP contribution in [-0.2, 0) is 28.2 Å². The SMILES string of the molecule is CCCCCCCCCCCCCCCCCC(=O)OC[C@H](CO[P](=O)(O)[Sn])OC(=O)CCCCCCCCCCCCCCCCC. The molecule has 1 N–H and O–H groups in total. The first-order valence-corrected chi connectivity index (χ1v) is 25.8. The Bertz CT molecular complexity index is 761. The van der Waals surface area contributed by atoms with Gasteiger partial charge in [-0.1, -0.05) is 149 Å². The Labute approximate surface area is 309 Å². The fourth-order valence-corrected chi connectivity index (χ4v) is 7.09. The molecule has 0 aromatic rings. The van der Waals surface area contributed by atoms with Gasteiger partial charge in [-0.15, -0.1) is 0 Å². The Hall–Kier alpha value is -0.111. The molecule has 0 aromatic heterocycles. The molecular weight excluding hydrogens is 730 g/mol. The van der Waals surface area contributed by atoms with Crippen LogP contribution < -0.4 is 0 Å². The van der Waals surface area contributed by atoms with Crippen LogP contribution in [0.2, 0.25) is 0 Å².